The molecule has 3 aromatic rings. The van der Waals surface area contributed by atoms with Crippen molar-refractivity contribution in [2.75, 3.05) is 38.0 Å². The predicted octanol–water partition coefficient (Wildman–Crippen LogP) is 3.71. The largest absolute Gasteiger partial charge is 0.338 e. The monoisotopic (exact) mass is 439 g/mol. The topological polar surface area (TPSA) is 74.5 Å². The van der Waals surface area contributed by atoms with Crippen LogP contribution in [0.2, 0.25) is 5.02 Å². The van der Waals surface area contributed by atoms with Crippen LogP contribution in [0.3, 0.4) is 0 Å². The van der Waals surface area contributed by atoms with E-state index < -0.39 is 0 Å². The van der Waals surface area contributed by atoms with Crippen LogP contribution in [-0.2, 0) is 17.8 Å². The number of hydrogen-bond acceptors (Lipinski definition) is 6. The van der Waals surface area contributed by atoms with Gasteiger partial charge in [0.1, 0.15) is 0 Å². The van der Waals surface area contributed by atoms with Gasteiger partial charge in [0.05, 0.1) is 13.1 Å². The van der Waals surface area contributed by atoms with Gasteiger partial charge in [-0.2, -0.15) is 4.98 Å². The van der Waals surface area contributed by atoms with Crippen LogP contribution in [0.15, 0.2) is 53.1 Å². The fraction of sp³-hybridized carbons (Fsp3) is 0.348. The van der Waals surface area contributed by atoms with Gasteiger partial charge in [0.2, 0.25) is 17.6 Å². The first-order chi connectivity index (χ1) is 15.1. The minimum Gasteiger partial charge on any atom is -0.338 e. The van der Waals surface area contributed by atoms with E-state index in [-0.39, 0.29) is 5.91 Å². The number of aryl methyl sites for hydroxylation is 1. The lowest BCUT2D eigenvalue weighted by Gasteiger charge is -2.33. The molecule has 1 amide bonds. The van der Waals surface area contributed by atoms with Gasteiger partial charge < -0.3 is 9.84 Å². The Morgan fingerprint density at radius 1 is 1.10 bits per heavy atom. The lowest BCUT2D eigenvalue weighted by atomic mass is 10.1. The summed E-state index contributed by atoms with van der Waals surface area (Å²) in [5.41, 5.74) is 2.89. The van der Waals surface area contributed by atoms with E-state index in [4.69, 9.17) is 16.1 Å². The lowest BCUT2D eigenvalue weighted by molar-refractivity contribution is -0.117. The molecule has 1 aliphatic rings. The van der Waals surface area contributed by atoms with Crippen molar-refractivity contribution < 1.29 is 9.32 Å². The van der Waals surface area contributed by atoms with Crippen molar-refractivity contribution in [2.45, 2.75) is 19.9 Å². The number of hydrogen-bond donors (Lipinski definition) is 1. The number of rotatable bonds is 7. The Morgan fingerprint density at radius 2 is 1.87 bits per heavy atom. The summed E-state index contributed by atoms with van der Waals surface area (Å²) in [5, 5.41) is 7.75. The highest BCUT2D eigenvalue weighted by Crippen LogP contribution is 2.20. The second-order valence-corrected chi connectivity index (χ2v) is 8.07. The molecule has 0 bridgehead atoms. The summed E-state index contributed by atoms with van der Waals surface area (Å²) in [6.07, 6.45) is 0.893. The molecule has 0 unspecified atom stereocenters. The molecule has 4 rings (SSSR count). The van der Waals surface area contributed by atoms with E-state index in [2.05, 4.69) is 32.2 Å². The highest BCUT2D eigenvalue weighted by atomic mass is 35.5. The minimum absolute atomic E-state index is 0.0254. The number of nitrogens with one attached hydrogen (secondary N) is 1. The molecular formula is C23H26ClN5O2. The van der Waals surface area contributed by atoms with Crippen molar-refractivity contribution >= 4 is 23.2 Å². The number of carbonyl (C=O) groups excluding carboxylic acids is 1. The maximum absolute atomic E-state index is 12.5. The van der Waals surface area contributed by atoms with Crippen LogP contribution in [0.25, 0.3) is 11.4 Å². The van der Waals surface area contributed by atoms with Gasteiger partial charge >= 0.3 is 0 Å². The number of piperazine rings is 1. The second kappa shape index (κ2) is 10.0. The van der Waals surface area contributed by atoms with Crippen molar-refractivity contribution in [3.8, 4) is 11.4 Å². The van der Waals surface area contributed by atoms with E-state index in [0.29, 0.717) is 29.8 Å². The van der Waals surface area contributed by atoms with E-state index in [1.807, 2.05) is 48.5 Å². The van der Waals surface area contributed by atoms with Crippen LogP contribution in [0.4, 0.5) is 5.69 Å². The van der Waals surface area contributed by atoms with E-state index >= 15 is 0 Å². The Balaban J connectivity index is 1.25. The second-order valence-electron chi connectivity index (χ2n) is 7.63. The van der Waals surface area contributed by atoms with E-state index in [0.717, 1.165) is 49.4 Å². The van der Waals surface area contributed by atoms with Gasteiger partial charge in [0, 0.05) is 42.5 Å². The number of para-hydroxylation sites is 1. The number of aromatic nitrogens is 2. The smallest absolute Gasteiger partial charge is 0.241 e. The molecule has 0 spiro atoms. The molecule has 1 aromatic heterocycles. The van der Waals surface area contributed by atoms with Gasteiger partial charge in [0.25, 0.3) is 0 Å². The van der Waals surface area contributed by atoms with Gasteiger partial charge in [-0.3, -0.25) is 14.6 Å². The third-order valence-electron chi connectivity index (χ3n) is 5.41. The van der Waals surface area contributed by atoms with Crippen molar-refractivity contribution in [3.63, 3.8) is 0 Å². The Kier molecular flexibility index (Phi) is 6.96. The Bertz CT molecular complexity index is 1030. The first kappa shape index (κ1) is 21.5. The standard InChI is InChI=1S/C23H26ClN5O2/c1-2-17-6-3-4-9-20(17)25-21(30)15-28-10-12-29(13-11-28)16-22-26-23(27-31-22)18-7-5-8-19(24)14-18/h3-9,14H,2,10-13,15-16H2,1H3,(H,25,30). The van der Waals surface area contributed by atoms with Crippen LogP contribution in [-0.4, -0.2) is 58.6 Å². The minimum atomic E-state index is 0.0254. The first-order valence-electron chi connectivity index (χ1n) is 10.5. The third kappa shape index (κ3) is 5.70. The SMILES string of the molecule is CCc1ccccc1NC(=O)CN1CCN(Cc2nc(-c3cccc(Cl)c3)no2)CC1. The van der Waals surface area contributed by atoms with Crippen LogP contribution < -0.4 is 5.32 Å². The van der Waals surface area contributed by atoms with E-state index in [9.17, 15) is 4.79 Å². The molecule has 8 heteroatoms. The number of nitrogens with zero attached hydrogens (tertiary/aromatic N) is 4. The number of benzene rings is 2. The summed E-state index contributed by atoms with van der Waals surface area (Å²) in [5.74, 6) is 1.15. The molecule has 2 heterocycles. The van der Waals surface area contributed by atoms with Crippen molar-refractivity contribution in [1.29, 1.82) is 0 Å². The summed E-state index contributed by atoms with van der Waals surface area (Å²) < 4.78 is 5.42. The molecule has 0 radical (unpaired) electrons. The van der Waals surface area contributed by atoms with Crippen LogP contribution >= 0.6 is 11.6 Å². The van der Waals surface area contributed by atoms with E-state index in [1.54, 1.807) is 0 Å². The fourth-order valence-electron chi connectivity index (χ4n) is 3.70. The van der Waals surface area contributed by atoms with Gasteiger partial charge in [-0.1, -0.05) is 54.0 Å². The Labute approximate surface area is 187 Å². The zero-order valence-corrected chi connectivity index (χ0v) is 18.3. The maximum atomic E-state index is 12.5. The molecule has 0 atom stereocenters. The normalized spacial score (nSPS) is 15.2. The van der Waals surface area contributed by atoms with Gasteiger partial charge in [-0.05, 0) is 30.2 Å². The van der Waals surface area contributed by atoms with E-state index in [1.165, 1.54) is 0 Å². The predicted molar refractivity (Wildman–Crippen MR) is 121 cm³/mol. The molecule has 162 valence electrons. The Morgan fingerprint density at radius 3 is 2.65 bits per heavy atom. The maximum Gasteiger partial charge on any atom is 0.241 e. The molecule has 0 saturated carbocycles. The van der Waals surface area contributed by atoms with Gasteiger partial charge in [-0.15, -0.1) is 0 Å². The number of carbonyl (C=O) groups is 1. The molecule has 0 aliphatic carbocycles. The summed E-state index contributed by atoms with van der Waals surface area (Å²) in [6, 6.07) is 15.3. The zero-order chi connectivity index (χ0) is 21.6. The van der Waals surface area contributed by atoms with Crippen molar-refractivity contribution in [3.05, 3.63) is 65.0 Å². The molecule has 7 nitrogen and oxygen atoms in total. The zero-order valence-electron chi connectivity index (χ0n) is 17.6. The summed E-state index contributed by atoms with van der Waals surface area (Å²) >= 11 is 6.04. The summed E-state index contributed by atoms with van der Waals surface area (Å²) in [6.45, 7) is 6.39. The number of amides is 1. The van der Waals surface area contributed by atoms with Crippen LogP contribution in [0.5, 0.6) is 0 Å². The van der Waals surface area contributed by atoms with Gasteiger partial charge in [-0.25, -0.2) is 0 Å². The average molecular weight is 440 g/mol. The van der Waals surface area contributed by atoms with Crippen LogP contribution in [0.1, 0.15) is 18.4 Å². The third-order valence-corrected chi connectivity index (χ3v) is 5.65. The van der Waals surface area contributed by atoms with Crippen LogP contribution in [0, 0.1) is 0 Å². The number of anilines is 1. The van der Waals surface area contributed by atoms with Gasteiger partial charge in [0.15, 0.2) is 0 Å². The molecule has 2 aromatic carbocycles. The lowest BCUT2D eigenvalue weighted by Crippen LogP contribution is -2.48. The summed E-state index contributed by atoms with van der Waals surface area (Å²) in [7, 11) is 0. The molecule has 1 N–H and O–H groups in total. The molecule has 1 fully saturated rings. The average Bonchev–Trinajstić information content (AvgIpc) is 3.24. The molecule has 31 heavy (non-hydrogen) atoms. The highest BCUT2D eigenvalue weighted by molar-refractivity contribution is 6.30. The molecule has 1 saturated heterocycles. The summed E-state index contributed by atoms with van der Waals surface area (Å²) in [4.78, 5) is 21.4. The first-order valence-corrected chi connectivity index (χ1v) is 10.9. The number of halogens is 1. The Hall–Kier alpha value is -2.74. The fourth-order valence-corrected chi connectivity index (χ4v) is 3.89. The molecule has 1 aliphatic heterocycles. The van der Waals surface area contributed by atoms with Crippen molar-refractivity contribution in [2.24, 2.45) is 0 Å². The quantitative estimate of drug-likeness (QED) is 0.605. The molecular weight excluding hydrogens is 414 g/mol. The highest BCUT2D eigenvalue weighted by Gasteiger charge is 2.21. The van der Waals surface area contributed by atoms with Crippen molar-refractivity contribution in [1.82, 2.24) is 19.9 Å².